The number of benzene rings is 2. The van der Waals surface area contributed by atoms with Crippen LogP contribution in [-0.4, -0.2) is 19.1 Å². The Kier molecular flexibility index (Phi) is 5.83. The topological polar surface area (TPSA) is 47.6 Å². The van der Waals surface area contributed by atoms with Crippen LogP contribution in [0.15, 0.2) is 48.5 Å². The van der Waals surface area contributed by atoms with Gasteiger partial charge in [0, 0.05) is 6.54 Å². The Bertz CT molecular complexity index is 608. The maximum atomic E-state index is 11.8. The maximum Gasteiger partial charge on any atom is 0.258 e. The van der Waals surface area contributed by atoms with Crippen molar-refractivity contribution in [1.82, 2.24) is 5.32 Å². The van der Waals surface area contributed by atoms with Gasteiger partial charge in [-0.15, -0.1) is 0 Å². The van der Waals surface area contributed by atoms with Crippen LogP contribution in [0.4, 0.5) is 0 Å². The van der Waals surface area contributed by atoms with E-state index in [0.717, 1.165) is 16.9 Å². The van der Waals surface area contributed by atoms with Crippen molar-refractivity contribution in [2.24, 2.45) is 0 Å². The van der Waals surface area contributed by atoms with Crippen LogP contribution in [0.25, 0.3) is 0 Å². The molecule has 0 unspecified atom stereocenters. The lowest BCUT2D eigenvalue weighted by Crippen LogP contribution is -2.28. The van der Waals surface area contributed by atoms with Crippen molar-refractivity contribution in [2.75, 3.05) is 13.2 Å². The summed E-state index contributed by atoms with van der Waals surface area (Å²) in [5.74, 6) is 1.40. The van der Waals surface area contributed by atoms with Gasteiger partial charge in [-0.25, -0.2) is 0 Å². The van der Waals surface area contributed by atoms with Gasteiger partial charge in [0.2, 0.25) is 0 Å². The van der Waals surface area contributed by atoms with E-state index in [0.29, 0.717) is 18.9 Å². The Morgan fingerprint density at radius 3 is 2.50 bits per heavy atom. The zero-order chi connectivity index (χ0) is 15.8. The smallest absolute Gasteiger partial charge is 0.258 e. The molecule has 0 spiro atoms. The lowest BCUT2D eigenvalue weighted by Gasteiger charge is -2.09. The average molecular weight is 299 g/mol. The van der Waals surface area contributed by atoms with E-state index in [4.69, 9.17) is 9.47 Å². The zero-order valence-electron chi connectivity index (χ0n) is 13.0. The molecule has 0 saturated carbocycles. The van der Waals surface area contributed by atoms with E-state index in [9.17, 15) is 4.79 Å². The van der Waals surface area contributed by atoms with E-state index in [1.807, 2.05) is 62.4 Å². The predicted molar refractivity (Wildman–Crippen MR) is 86.1 cm³/mol. The monoisotopic (exact) mass is 299 g/mol. The molecule has 2 aromatic carbocycles. The normalized spacial score (nSPS) is 10.1. The quantitative estimate of drug-likeness (QED) is 0.854. The van der Waals surface area contributed by atoms with Crippen molar-refractivity contribution in [1.29, 1.82) is 0 Å². The largest absolute Gasteiger partial charge is 0.494 e. The Morgan fingerprint density at radius 2 is 1.82 bits per heavy atom. The molecule has 22 heavy (non-hydrogen) atoms. The molecule has 0 heterocycles. The van der Waals surface area contributed by atoms with Gasteiger partial charge in [-0.05, 0) is 49.2 Å². The summed E-state index contributed by atoms with van der Waals surface area (Å²) in [6.07, 6.45) is 0. The minimum absolute atomic E-state index is 0.0144. The van der Waals surface area contributed by atoms with Gasteiger partial charge in [0.05, 0.1) is 6.61 Å². The molecule has 2 aromatic rings. The van der Waals surface area contributed by atoms with E-state index in [-0.39, 0.29) is 12.5 Å². The van der Waals surface area contributed by atoms with Crippen molar-refractivity contribution in [3.05, 3.63) is 59.7 Å². The molecule has 0 radical (unpaired) electrons. The molecule has 2 rings (SSSR count). The molecule has 1 amide bonds. The Hall–Kier alpha value is -2.49. The summed E-state index contributed by atoms with van der Waals surface area (Å²) in [6.45, 7) is 5.07. The number of ether oxygens (including phenoxy) is 2. The third kappa shape index (κ3) is 5.13. The summed E-state index contributed by atoms with van der Waals surface area (Å²) in [6, 6.07) is 15.3. The molecule has 0 saturated heterocycles. The van der Waals surface area contributed by atoms with Crippen molar-refractivity contribution >= 4 is 5.91 Å². The standard InChI is InChI=1S/C18H21NO3/c1-3-21-16-9-7-15(8-10-16)12-19-18(20)13-22-17-6-4-5-14(2)11-17/h4-11H,3,12-13H2,1-2H3,(H,19,20). The molecule has 0 aliphatic carbocycles. The van der Waals surface area contributed by atoms with E-state index in [2.05, 4.69) is 5.32 Å². The van der Waals surface area contributed by atoms with Crippen molar-refractivity contribution < 1.29 is 14.3 Å². The van der Waals surface area contributed by atoms with Gasteiger partial charge in [-0.3, -0.25) is 4.79 Å². The molecule has 0 atom stereocenters. The first-order chi connectivity index (χ1) is 10.7. The number of aryl methyl sites for hydroxylation is 1. The third-order valence-electron chi connectivity index (χ3n) is 3.08. The van der Waals surface area contributed by atoms with Crippen LogP contribution in [0.3, 0.4) is 0 Å². The fourth-order valence-corrected chi connectivity index (χ4v) is 1.98. The number of carbonyl (C=O) groups excluding carboxylic acids is 1. The van der Waals surface area contributed by atoms with Crippen molar-refractivity contribution in [2.45, 2.75) is 20.4 Å². The van der Waals surface area contributed by atoms with Crippen LogP contribution in [0.5, 0.6) is 11.5 Å². The molecular weight excluding hydrogens is 278 g/mol. The minimum Gasteiger partial charge on any atom is -0.494 e. The maximum absolute atomic E-state index is 11.8. The van der Waals surface area contributed by atoms with E-state index in [1.165, 1.54) is 0 Å². The number of hydrogen-bond acceptors (Lipinski definition) is 3. The highest BCUT2D eigenvalue weighted by Gasteiger charge is 2.03. The number of nitrogens with one attached hydrogen (secondary N) is 1. The summed E-state index contributed by atoms with van der Waals surface area (Å²) < 4.78 is 10.8. The number of amides is 1. The predicted octanol–water partition coefficient (Wildman–Crippen LogP) is 3.09. The fraction of sp³-hybridized carbons (Fsp3) is 0.278. The molecule has 1 N–H and O–H groups in total. The van der Waals surface area contributed by atoms with Gasteiger partial charge in [0.1, 0.15) is 11.5 Å². The van der Waals surface area contributed by atoms with Crippen LogP contribution in [0.2, 0.25) is 0 Å². The third-order valence-corrected chi connectivity index (χ3v) is 3.08. The second-order valence-corrected chi connectivity index (χ2v) is 4.96. The van der Waals surface area contributed by atoms with Crippen LogP contribution in [-0.2, 0) is 11.3 Å². The molecule has 0 aliphatic heterocycles. The van der Waals surface area contributed by atoms with Gasteiger partial charge in [0.25, 0.3) is 5.91 Å². The number of hydrogen-bond donors (Lipinski definition) is 1. The summed E-state index contributed by atoms with van der Waals surface area (Å²) >= 11 is 0. The average Bonchev–Trinajstić information content (AvgIpc) is 2.53. The first kappa shape index (κ1) is 15.9. The van der Waals surface area contributed by atoms with Gasteiger partial charge in [0.15, 0.2) is 6.61 Å². The highest BCUT2D eigenvalue weighted by Crippen LogP contribution is 2.13. The van der Waals surface area contributed by atoms with E-state index >= 15 is 0 Å². The highest BCUT2D eigenvalue weighted by molar-refractivity contribution is 5.77. The second-order valence-electron chi connectivity index (χ2n) is 4.96. The van der Waals surface area contributed by atoms with Gasteiger partial charge >= 0.3 is 0 Å². The van der Waals surface area contributed by atoms with E-state index in [1.54, 1.807) is 0 Å². The van der Waals surface area contributed by atoms with Gasteiger partial charge < -0.3 is 14.8 Å². The molecule has 0 aliphatic rings. The molecular formula is C18H21NO3. The molecule has 4 heteroatoms. The van der Waals surface area contributed by atoms with Crippen molar-refractivity contribution in [3.63, 3.8) is 0 Å². The Labute approximate surface area is 131 Å². The molecule has 0 aromatic heterocycles. The van der Waals surface area contributed by atoms with Gasteiger partial charge in [-0.2, -0.15) is 0 Å². The fourth-order valence-electron chi connectivity index (χ4n) is 1.98. The highest BCUT2D eigenvalue weighted by atomic mass is 16.5. The molecule has 4 nitrogen and oxygen atoms in total. The number of carbonyl (C=O) groups is 1. The molecule has 116 valence electrons. The second kappa shape index (κ2) is 8.08. The first-order valence-electron chi connectivity index (χ1n) is 7.35. The number of rotatable bonds is 7. The first-order valence-corrected chi connectivity index (χ1v) is 7.35. The van der Waals surface area contributed by atoms with Gasteiger partial charge in [-0.1, -0.05) is 24.3 Å². The Balaban J connectivity index is 1.75. The summed E-state index contributed by atoms with van der Waals surface area (Å²) in [4.78, 5) is 11.8. The van der Waals surface area contributed by atoms with E-state index < -0.39 is 0 Å². The molecule has 0 bridgehead atoms. The summed E-state index contributed by atoms with van der Waals surface area (Å²) in [5, 5.41) is 2.83. The van der Waals surface area contributed by atoms with Crippen LogP contribution in [0, 0.1) is 6.92 Å². The SMILES string of the molecule is CCOc1ccc(CNC(=O)COc2cccc(C)c2)cc1. The van der Waals surface area contributed by atoms with Crippen molar-refractivity contribution in [3.8, 4) is 11.5 Å². The van der Waals surface area contributed by atoms with Crippen LogP contribution < -0.4 is 14.8 Å². The Morgan fingerprint density at radius 1 is 1.05 bits per heavy atom. The minimum atomic E-state index is -0.143. The van der Waals surface area contributed by atoms with Crippen LogP contribution >= 0.6 is 0 Å². The zero-order valence-corrected chi connectivity index (χ0v) is 13.0. The lowest BCUT2D eigenvalue weighted by atomic mass is 10.2. The lowest BCUT2D eigenvalue weighted by molar-refractivity contribution is -0.123. The summed E-state index contributed by atoms with van der Waals surface area (Å²) in [7, 11) is 0. The molecule has 0 fully saturated rings. The van der Waals surface area contributed by atoms with Crippen LogP contribution in [0.1, 0.15) is 18.1 Å². The summed E-state index contributed by atoms with van der Waals surface area (Å²) in [5.41, 5.74) is 2.12.